The van der Waals surface area contributed by atoms with E-state index in [-0.39, 0.29) is 24.6 Å². The summed E-state index contributed by atoms with van der Waals surface area (Å²) in [5.41, 5.74) is 1.69. The Labute approximate surface area is 208 Å². The van der Waals surface area contributed by atoms with Crippen LogP contribution in [0.15, 0.2) is 29.0 Å². The second-order valence-corrected chi connectivity index (χ2v) is 10.1. The summed E-state index contributed by atoms with van der Waals surface area (Å²) < 4.78 is 7.30. The Morgan fingerprint density at radius 2 is 2.21 bits per heavy atom. The molecule has 2 aliphatic rings. The predicted octanol–water partition coefficient (Wildman–Crippen LogP) is 3.73. The number of benzene rings is 1. The van der Waals surface area contributed by atoms with Crippen molar-refractivity contribution in [3.8, 4) is 5.69 Å². The van der Waals surface area contributed by atoms with Gasteiger partial charge >= 0.3 is 6.09 Å². The van der Waals surface area contributed by atoms with Gasteiger partial charge in [0.05, 0.1) is 17.1 Å². The molecule has 2 fully saturated rings. The highest BCUT2D eigenvalue weighted by molar-refractivity contribution is 9.10. The maximum Gasteiger partial charge on any atom is 0.407 e. The van der Waals surface area contributed by atoms with Crippen molar-refractivity contribution in [3.63, 3.8) is 0 Å². The Bertz CT molecular complexity index is 1300. The Hall–Kier alpha value is -2.92. The molecule has 2 amide bonds. The van der Waals surface area contributed by atoms with E-state index in [0.717, 1.165) is 23.8 Å². The molecule has 3 atom stereocenters. The van der Waals surface area contributed by atoms with Crippen LogP contribution in [0.5, 0.6) is 0 Å². The molecule has 10 nitrogen and oxygen atoms in total. The van der Waals surface area contributed by atoms with E-state index in [9.17, 15) is 9.59 Å². The average Bonchev–Trinajstić information content (AvgIpc) is 3.50. The quantitative estimate of drug-likeness (QED) is 0.444. The van der Waals surface area contributed by atoms with Gasteiger partial charge in [-0.1, -0.05) is 18.5 Å². The summed E-state index contributed by atoms with van der Waals surface area (Å²) in [6.07, 6.45) is 3.59. The fourth-order valence-electron chi connectivity index (χ4n) is 4.66. The van der Waals surface area contributed by atoms with Crippen LogP contribution in [0.25, 0.3) is 16.7 Å². The lowest BCUT2D eigenvalue weighted by Gasteiger charge is -2.22. The molecule has 3 aromatic rings. The van der Waals surface area contributed by atoms with E-state index in [0.29, 0.717) is 33.3 Å². The summed E-state index contributed by atoms with van der Waals surface area (Å²) in [5, 5.41) is 14.7. The van der Waals surface area contributed by atoms with Gasteiger partial charge in [0.15, 0.2) is 5.65 Å². The third kappa shape index (κ3) is 4.18. The maximum absolute atomic E-state index is 12.3. The number of cyclic esters (lactones) is 1. The molecular formula is C22H23BrClN7O3. The number of rotatable bonds is 5. The van der Waals surface area contributed by atoms with Crippen LogP contribution in [-0.2, 0) is 9.53 Å². The van der Waals surface area contributed by atoms with Gasteiger partial charge in [-0.2, -0.15) is 10.1 Å². The minimum Gasteiger partial charge on any atom is -0.447 e. The monoisotopic (exact) mass is 547 g/mol. The number of hydrogen-bond donors (Lipinski definition) is 3. The van der Waals surface area contributed by atoms with E-state index in [1.165, 1.54) is 0 Å². The standard InChI is InChI=1S/C22H23BrClN7O3/c1-22(19(32)25-2)4-3-13(8-22)27-20-26-9-15-17(23)30-31(18(15)29-20)14-6-11(5-12(24)7-14)16-10-34-21(33)28-16/h5-7,9,13,16H,3-4,8,10H2,1-2H3,(H,25,32)(H,28,33)(H,26,27,29)/t13-,16-,22-/m1/s1. The van der Waals surface area contributed by atoms with Crippen LogP contribution in [0.2, 0.25) is 5.02 Å². The Morgan fingerprint density at radius 3 is 2.94 bits per heavy atom. The van der Waals surface area contributed by atoms with Crippen LogP contribution < -0.4 is 16.0 Å². The number of carbonyl (C=O) groups excluding carboxylic acids is 2. The molecule has 2 aromatic heterocycles. The summed E-state index contributed by atoms with van der Waals surface area (Å²) in [6, 6.07) is 5.26. The van der Waals surface area contributed by atoms with Crippen molar-refractivity contribution in [1.82, 2.24) is 30.4 Å². The molecule has 0 bridgehead atoms. The van der Waals surface area contributed by atoms with Crippen molar-refractivity contribution >= 4 is 56.5 Å². The number of fused-ring (bicyclic) bond motifs is 1. The van der Waals surface area contributed by atoms with Gasteiger partial charge in [0.2, 0.25) is 11.9 Å². The first-order chi connectivity index (χ1) is 16.3. The number of aromatic nitrogens is 4. The van der Waals surface area contributed by atoms with Crippen LogP contribution in [0.3, 0.4) is 0 Å². The molecular weight excluding hydrogens is 526 g/mol. The molecule has 1 saturated heterocycles. The van der Waals surface area contributed by atoms with E-state index in [2.05, 4.69) is 42.0 Å². The number of nitrogens with zero attached hydrogens (tertiary/aromatic N) is 4. The highest BCUT2D eigenvalue weighted by atomic mass is 79.9. The summed E-state index contributed by atoms with van der Waals surface area (Å²) in [6.45, 7) is 2.22. The summed E-state index contributed by atoms with van der Waals surface area (Å²) in [4.78, 5) is 32.9. The van der Waals surface area contributed by atoms with Crippen molar-refractivity contribution in [1.29, 1.82) is 0 Å². The molecule has 5 rings (SSSR count). The second kappa shape index (κ2) is 8.70. The van der Waals surface area contributed by atoms with Crippen LogP contribution >= 0.6 is 27.5 Å². The second-order valence-electron chi connectivity index (χ2n) is 8.90. The van der Waals surface area contributed by atoms with E-state index in [1.54, 1.807) is 30.1 Å². The zero-order chi connectivity index (χ0) is 24.0. The smallest absolute Gasteiger partial charge is 0.407 e. The third-order valence-corrected chi connectivity index (χ3v) is 7.26. The number of halogens is 2. The van der Waals surface area contributed by atoms with E-state index in [4.69, 9.17) is 21.3 Å². The fourth-order valence-corrected chi connectivity index (χ4v) is 5.33. The van der Waals surface area contributed by atoms with Crippen LogP contribution in [0.1, 0.15) is 37.8 Å². The number of anilines is 1. The Kier molecular flexibility index (Phi) is 5.85. The highest BCUT2D eigenvalue weighted by Gasteiger charge is 2.41. The molecule has 0 unspecified atom stereocenters. The van der Waals surface area contributed by atoms with Crippen LogP contribution in [0.4, 0.5) is 10.7 Å². The number of hydrogen-bond acceptors (Lipinski definition) is 7. The molecule has 1 aliphatic heterocycles. The summed E-state index contributed by atoms with van der Waals surface area (Å²) in [5.74, 6) is 0.516. The van der Waals surface area contributed by atoms with Gasteiger partial charge in [0.25, 0.3) is 0 Å². The zero-order valence-electron chi connectivity index (χ0n) is 18.6. The van der Waals surface area contributed by atoms with Gasteiger partial charge in [-0.25, -0.2) is 14.5 Å². The predicted molar refractivity (Wildman–Crippen MR) is 130 cm³/mol. The molecule has 12 heteroatoms. The number of carbonyl (C=O) groups is 2. The molecule has 1 aliphatic carbocycles. The lowest BCUT2D eigenvalue weighted by Crippen LogP contribution is -2.35. The first kappa shape index (κ1) is 22.9. The van der Waals surface area contributed by atoms with Gasteiger partial charge in [-0.15, -0.1) is 0 Å². The molecule has 3 N–H and O–H groups in total. The van der Waals surface area contributed by atoms with Crippen molar-refractivity contribution in [2.45, 2.75) is 38.3 Å². The number of ether oxygens (including phenoxy) is 1. The lowest BCUT2D eigenvalue weighted by molar-refractivity contribution is -0.129. The average molecular weight is 549 g/mol. The SMILES string of the molecule is CNC(=O)[C@]1(C)CC[C@@H](Nc2ncc3c(Br)nn(-c4cc(Cl)cc([C@H]5COC(=O)N5)c4)c3n2)C1. The molecule has 1 saturated carbocycles. The third-order valence-electron chi connectivity index (χ3n) is 6.45. The number of amides is 2. The minimum atomic E-state index is -0.457. The van der Waals surface area contributed by atoms with Crippen molar-refractivity contribution in [2.75, 3.05) is 19.0 Å². The van der Waals surface area contributed by atoms with E-state index >= 15 is 0 Å². The van der Waals surface area contributed by atoms with Gasteiger partial charge in [-0.05, 0) is 59.0 Å². The van der Waals surface area contributed by atoms with Gasteiger partial charge in [0, 0.05) is 29.7 Å². The Balaban J connectivity index is 1.46. The van der Waals surface area contributed by atoms with Crippen LogP contribution in [-0.4, -0.2) is 51.4 Å². The normalized spacial score (nSPS) is 24.2. The van der Waals surface area contributed by atoms with E-state index in [1.807, 2.05) is 13.0 Å². The first-order valence-corrected chi connectivity index (χ1v) is 12.1. The van der Waals surface area contributed by atoms with E-state index < -0.39 is 11.5 Å². The van der Waals surface area contributed by atoms with Gasteiger partial charge in [0.1, 0.15) is 11.2 Å². The largest absolute Gasteiger partial charge is 0.447 e. The zero-order valence-corrected chi connectivity index (χ0v) is 20.9. The number of alkyl carbamates (subject to hydrolysis) is 1. The molecule has 178 valence electrons. The lowest BCUT2D eigenvalue weighted by atomic mass is 9.87. The van der Waals surface area contributed by atoms with Crippen molar-refractivity contribution in [2.24, 2.45) is 5.41 Å². The first-order valence-electron chi connectivity index (χ1n) is 10.9. The highest BCUT2D eigenvalue weighted by Crippen LogP contribution is 2.39. The Morgan fingerprint density at radius 1 is 1.38 bits per heavy atom. The summed E-state index contributed by atoms with van der Waals surface area (Å²) in [7, 11) is 1.67. The topological polar surface area (TPSA) is 123 Å². The maximum atomic E-state index is 12.3. The van der Waals surface area contributed by atoms with Crippen molar-refractivity contribution < 1.29 is 14.3 Å². The minimum absolute atomic E-state index is 0.0517. The molecule has 0 spiro atoms. The fraction of sp³-hybridized carbons (Fsp3) is 0.409. The van der Waals surface area contributed by atoms with Gasteiger partial charge < -0.3 is 20.7 Å². The molecule has 3 heterocycles. The van der Waals surface area contributed by atoms with Crippen LogP contribution in [0, 0.1) is 5.41 Å². The molecule has 1 aromatic carbocycles. The molecule has 34 heavy (non-hydrogen) atoms. The number of nitrogens with one attached hydrogen (secondary N) is 3. The van der Waals surface area contributed by atoms with Crippen molar-refractivity contribution in [3.05, 3.63) is 39.6 Å². The molecule has 0 radical (unpaired) electrons. The van der Waals surface area contributed by atoms with Gasteiger partial charge in [-0.3, -0.25) is 4.79 Å². The summed E-state index contributed by atoms with van der Waals surface area (Å²) >= 11 is 9.89.